The molecule has 9 nitrogen and oxygen atoms in total. The van der Waals surface area contributed by atoms with Crippen LogP contribution in [-0.2, 0) is 9.53 Å². The van der Waals surface area contributed by atoms with E-state index in [1.807, 2.05) is 0 Å². The summed E-state index contributed by atoms with van der Waals surface area (Å²) in [6.45, 7) is 1.94. The van der Waals surface area contributed by atoms with Gasteiger partial charge in [0.05, 0.1) is 11.4 Å². The average Bonchev–Trinajstić information content (AvgIpc) is 2.92. The van der Waals surface area contributed by atoms with Crippen molar-refractivity contribution in [3.05, 3.63) is 27.9 Å². The molecule has 10 heteroatoms. The molecule has 0 bridgehead atoms. The summed E-state index contributed by atoms with van der Waals surface area (Å²) in [6, 6.07) is 3.32. The molecule has 25 heavy (non-hydrogen) atoms. The van der Waals surface area contributed by atoms with Crippen LogP contribution < -0.4 is 20.5 Å². The van der Waals surface area contributed by atoms with Crippen molar-refractivity contribution in [2.75, 3.05) is 30.9 Å². The van der Waals surface area contributed by atoms with Crippen molar-refractivity contribution >= 4 is 39.4 Å². The molecule has 0 atom stereocenters. The van der Waals surface area contributed by atoms with Crippen LogP contribution in [-0.4, -0.2) is 36.9 Å². The number of nitrogens with zero attached hydrogens (tertiary/aromatic N) is 1. The van der Waals surface area contributed by atoms with E-state index in [0.29, 0.717) is 34.9 Å². The molecule has 1 aliphatic rings. The minimum atomic E-state index is -0.785. The van der Waals surface area contributed by atoms with Crippen molar-refractivity contribution in [3.8, 4) is 11.5 Å². The number of aryl methyl sites for hydroxylation is 1. The lowest BCUT2D eigenvalue weighted by molar-refractivity contribution is -0.119. The zero-order valence-electron chi connectivity index (χ0n) is 13.1. The summed E-state index contributed by atoms with van der Waals surface area (Å²) in [5.41, 5.74) is 6.26. The zero-order valence-corrected chi connectivity index (χ0v) is 14.7. The second kappa shape index (κ2) is 7.01. The van der Waals surface area contributed by atoms with E-state index in [4.69, 9.17) is 19.9 Å². The Labute approximate surface area is 150 Å². The van der Waals surface area contributed by atoms with Crippen LogP contribution in [0.3, 0.4) is 0 Å². The molecule has 0 unspecified atom stereocenters. The maximum absolute atomic E-state index is 12.0. The van der Waals surface area contributed by atoms with Gasteiger partial charge in [0.1, 0.15) is 18.8 Å². The first-order valence-corrected chi connectivity index (χ1v) is 8.03. The number of halogens is 1. The summed E-state index contributed by atoms with van der Waals surface area (Å²) in [5, 5.41) is 6.17. The lowest BCUT2D eigenvalue weighted by atomic mass is 10.2. The highest BCUT2D eigenvalue weighted by Gasteiger charge is 2.21. The predicted octanol–water partition coefficient (Wildman–Crippen LogP) is 1.89. The number of nitrogens with one attached hydrogen (secondary N) is 1. The van der Waals surface area contributed by atoms with Gasteiger partial charge in [0, 0.05) is 16.6 Å². The Morgan fingerprint density at radius 1 is 1.32 bits per heavy atom. The normalized spacial score (nSPS) is 12.6. The molecule has 2 aromatic rings. The number of carbonyl (C=O) groups excluding carboxylic acids is 2. The first-order chi connectivity index (χ1) is 12.0. The third-order valence-electron chi connectivity index (χ3n) is 3.33. The number of hydrogen-bond acceptors (Lipinski definition) is 8. The topological polar surface area (TPSA) is 126 Å². The molecule has 3 N–H and O–H groups in total. The number of anilines is 2. The zero-order chi connectivity index (χ0) is 18.0. The molecular formula is C15H14BrN3O6. The fourth-order valence-electron chi connectivity index (χ4n) is 2.18. The molecule has 0 aliphatic carbocycles. The number of rotatable bonds is 4. The maximum atomic E-state index is 12.0. The van der Waals surface area contributed by atoms with Crippen LogP contribution in [0.1, 0.15) is 16.1 Å². The molecule has 0 fully saturated rings. The van der Waals surface area contributed by atoms with E-state index in [9.17, 15) is 9.59 Å². The van der Waals surface area contributed by atoms with Crippen LogP contribution in [0.25, 0.3) is 0 Å². The quantitative estimate of drug-likeness (QED) is 0.730. The monoisotopic (exact) mass is 411 g/mol. The van der Waals surface area contributed by atoms with Crippen molar-refractivity contribution < 1.29 is 28.3 Å². The van der Waals surface area contributed by atoms with E-state index in [1.165, 1.54) is 0 Å². The van der Waals surface area contributed by atoms with E-state index < -0.39 is 18.5 Å². The summed E-state index contributed by atoms with van der Waals surface area (Å²) >= 11 is 3.34. The number of benzene rings is 1. The molecule has 3 rings (SSSR count). The van der Waals surface area contributed by atoms with Gasteiger partial charge in [-0.3, -0.25) is 4.79 Å². The number of fused-ring (bicyclic) bond motifs is 1. The largest absolute Gasteiger partial charge is 0.486 e. The summed E-state index contributed by atoms with van der Waals surface area (Å²) < 4.78 is 21.1. The Morgan fingerprint density at radius 3 is 2.64 bits per heavy atom. The van der Waals surface area contributed by atoms with E-state index in [-0.39, 0.29) is 17.1 Å². The van der Waals surface area contributed by atoms with Crippen LogP contribution >= 0.6 is 15.9 Å². The van der Waals surface area contributed by atoms with Crippen LogP contribution in [0.4, 0.5) is 11.6 Å². The van der Waals surface area contributed by atoms with Gasteiger partial charge in [-0.2, -0.15) is 0 Å². The summed E-state index contributed by atoms with van der Waals surface area (Å²) in [6.07, 6.45) is 0. The van der Waals surface area contributed by atoms with E-state index in [2.05, 4.69) is 30.9 Å². The number of aromatic nitrogens is 1. The summed E-state index contributed by atoms with van der Waals surface area (Å²) in [7, 11) is 0. The number of nitrogens with two attached hydrogens (primary N) is 1. The standard InChI is InChI=1S/C15H14BrN3O6/c1-7-13(14(17)25-19-7)15(21)24-6-12(20)18-9-5-11-10(4-8(9)16)22-2-3-23-11/h4-5H,2-3,6,17H2,1H3,(H,18,20). The van der Waals surface area contributed by atoms with Crippen molar-refractivity contribution in [1.29, 1.82) is 0 Å². The molecule has 0 saturated carbocycles. The lowest BCUT2D eigenvalue weighted by Gasteiger charge is -2.20. The van der Waals surface area contributed by atoms with Gasteiger partial charge in [-0.15, -0.1) is 0 Å². The molecule has 2 heterocycles. The van der Waals surface area contributed by atoms with Crippen LogP contribution in [0.15, 0.2) is 21.1 Å². The van der Waals surface area contributed by atoms with Crippen molar-refractivity contribution in [1.82, 2.24) is 5.16 Å². The number of ether oxygens (including phenoxy) is 3. The highest BCUT2D eigenvalue weighted by atomic mass is 79.9. The van der Waals surface area contributed by atoms with Gasteiger partial charge < -0.3 is 29.8 Å². The Morgan fingerprint density at radius 2 is 2.00 bits per heavy atom. The average molecular weight is 412 g/mol. The van der Waals surface area contributed by atoms with Gasteiger partial charge in [-0.1, -0.05) is 5.16 Å². The maximum Gasteiger partial charge on any atom is 0.346 e. The molecule has 1 aromatic heterocycles. The van der Waals surface area contributed by atoms with Gasteiger partial charge in [0.2, 0.25) is 5.88 Å². The van der Waals surface area contributed by atoms with Gasteiger partial charge >= 0.3 is 5.97 Å². The van der Waals surface area contributed by atoms with Gasteiger partial charge in [0.15, 0.2) is 18.1 Å². The molecule has 0 radical (unpaired) electrons. The van der Waals surface area contributed by atoms with E-state index in [0.717, 1.165) is 0 Å². The first kappa shape index (κ1) is 17.1. The van der Waals surface area contributed by atoms with Crippen LogP contribution in [0.5, 0.6) is 11.5 Å². The number of carbonyl (C=O) groups is 2. The van der Waals surface area contributed by atoms with Gasteiger partial charge in [-0.25, -0.2) is 4.79 Å². The molecule has 0 spiro atoms. The molecule has 1 amide bonds. The minimum Gasteiger partial charge on any atom is -0.486 e. The van der Waals surface area contributed by atoms with E-state index in [1.54, 1.807) is 19.1 Å². The smallest absolute Gasteiger partial charge is 0.346 e. The Hall–Kier alpha value is -2.75. The highest BCUT2D eigenvalue weighted by Crippen LogP contribution is 2.38. The second-order valence-corrected chi connectivity index (χ2v) is 5.96. The number of esters is 1. The number of nitrogen functional groups attached to an aromatic ring is 1. The fraction of sp³-hybridized carbons (Fsp3) is 0.267. The predicted molar refractivity (Wildman–Crippen MR) is 89.7 cm³/mol. The lowest BCUT2D eigenvalue weighted by Crippen LogP contribution is -2.22. The van der Waals surface area contributed by atoms with Gasteiger partial charge in [-0.05, 0) is 22.9 Å². The van der Waals surface area contributed by atoms with Crippen molar-refractivity contribution in [3.63, 3.8) is 0 Å². The first-order valence-electron chi connectivity index (χ1n) is 7.23. The minimum absolute atomic E-state index is 0.00769. The van der Waals surface area contributed by atoms with E-state index >= 15 is 0 Å². The number of amides is 1. The van der Waals surface area contributed by atoms with Gasteiger partial charge in [0.25, 0.3) is 5.91 Å². The van der Waals surface area contributed by atoms with Crippen LogP contribution in [0, 0.1) is 6.92 Å². The highest BCUT2D eigenvalue weighted by molar-refractivity contribution is 9.10. The summed E-state index contributed by atoms with van der Waals surface area (Å²) in [5.74, 6) is -0.362. The third-order valence-corrected chi connectivity index (χ3v) is 3.99. The van der Waals surface area contributed by atoms with Crippen molar-refractivity contribution in [2.45, 2.75) is 6.92 Å². The molecule has 0 saturated heterocycles. The molecule has 132 valence electrons. The molecular weight excluding hydrogens is 398 g/mol. The fourth-order valence-corrected chi connectivity index (χ4v) is 2.61. The second-order valence-electron chi connectivity index (χ2n) is 5.11. The number of hydrogen-bond donors (Lipinski definition) is 2. The SMILES string of the molecule is Cc1noc(N)c1C(=O)OCC(=O)Nc1cc2c(cc1Br)OCCO2. The van der Waals surface area contributed by atoms with Crippen LogP contribution in [0.2, 0.25) is 0 Å². The molecule has 1 aromatic carbocycles. The molecule has 1 aliphatic heterocycles. The summed E-state index contributed by atoms with van der Waals surface area (Å²) in [4.78, 5) is 24.0. The Balaban J connectivity index is 1.62. The Kier molecular flexibility index (Phi) is 4.79. The third kappa shape index (κ3) is 3.68. The van der Waals surface area contributed by atoms with Crippen molar-refractivity contribution in [2.24, 2.45) is 0 Å². The Bertz CT molecular complexity index is 815.